The van der Waals surface area contributed by atoms with Crippen LogP contribution in [0.1, 0.15) is 29.7 Å². The van der Waals surface area contributed by atoms with E-state index in [9.17, 15) is 0 Å². The summed E-state index contributed by atoms with van der Waals surface area (Å²) in [5.41, 5.74) is 9.13. The summed E-state index contributed by atoms with van der Waals surface area (Å²) in [7, 11) is 0. The summed E-state index contributed by atoms with van der Waals surface area (Å²) >= 11 is 0. The molecule has 2 aromatic rings. The van der Waals surface area contributed by atoms with E-state index in [1.807, 2.05) is 45.0 Å². The average molecular weight is 242 g/mol. The van der Waals surface area contributed by atoms with E-state index in [4.69, 9.17) is 10.5 Å². The van der Waals surface area contributed by atoms with Crippen LogP contribution in [-0.2, 0) is 0 Å². The van der Waals surface area contributed by atoms with Crippen LogP contribution in [0.25, 0.3) is 0 Å². The topological polar surface area (TPSA) is 48.1 Å². The molecule has 1 aromatic carbocycles. The molecule has 0 spiro atoms. The van der Waals surface area contributed by atoms with Gasteiger partial charge in [-0.05, 0) is 49.6 Å². The Balaban J connectivity index is 2.18. The smallest absolute Gasteiger partial charge is 0.219 e. The van der Waals surface area contributed by atoms with Crippen LogP contribution in [0.3, 0.4) is 0 Å². The Bertz CT molecular complexity index is 512. The third-order valence-corrected chi connectivity index (χ3v) is 2.70. The molecule has 0 fully saturated rings. The first-order chi connectivity index (χ1) is 8.54. The third-order valence-electron chi connectivity index (χ3n) is 2.70. The van der Waals surface area contributed by atoms with Crippen molar-refractivity contribution in [3.63, 3.8) is 0 Å². The normalized spacial score (nSPS) is 12.2. The predicted molar refractivity (Wildman–Crippen MR) is 72.8 cm³/mol. The first kappa shape index (κ1) is 12.6. The van der Waals surface area contributed by atoms with Crippen molar-refractivity contribution in [1.82, 2.24) is 4.98 Å². The number of nitrogens with zero attached hydrogens (tertiary/aromatic N) is 1. The molecule has 1 heterocycles. The second kappa shape index (κ2) is 5.19. The second-order valence-corrected chi connectivity index (χ2v) is 4.64. The van der Waals surface area contributed by atoms with E-state index in [1.54, 1.807) is 6.20 Å². The first-order valence-electron chi connectivity index (χ1n) is 6.02. The minimum atomic E-state index is -0.00670. The maximum Gasteiger partial charge on any atom is 0.219 e. The number of aromatic nitrogens is 1. The van der Waals surface area contributed by atoms with Crippen molar-refractivity contribution in [1.29, 1.82) is 0 Å². The zero-order valence-corrected chi connectivity index (χ0v) is 11.0. The number of hydrogen-bond donors (Lipinski definition) is 1. The molecule has 2 N–H and O–H groups in total. The number of nitrogens with two attached hydrogens (primary N) is 1. The lowest BCUT2D eigenvalue weighted by molar-refractivity contribution is 0.461. The van der Waals surface area contributed by atoms with E-state index >= 15 is 0 Å². The number of rotatable bonds is 3. The van der Waals surface area contributed by atoms with Gasteiger partial charge in [-0.25, -0.2) is 4.98 Å². The van der Waals surface area contributed by atoms with E-state index in [0.29, 0.717) is 5.88 Å². The van der Waals surface area contributed by atoms with Crippen molar-refractivity contribution in [3.8, 4) is 11.6 Å². The highest BCUT2D eigenvalue weighted by atomic mass is 16.5. The summed E-state index contributed by atoms with van der Waals surface area (Å²) in [5.74, 6) is 1.40. The standard InChI is InChI=1S/C15H18N2O/c1-10-6-11(2)8-14(7-10)18-15-5-4-13(9-17-15)12(3)16/h4-9,12H,16H2,1-3H3/t12-/m1/s1. The molecule has 0 amide bonds. The summed E-state index contributed by atoms with van der Waals surface area (Å²) in [6.45, 7) is 6.03. The minimum Gasteiger partial charge on any atom is -0.439 e. The van der Waals surface area contributed by atoms with Gasteiger partial charge in [0.15, 0.2) is 0 Å². The van der Waals surface area contributed by atoms with Crippen LogP contribution in [0.2, 0.25) is 0 Å². The lowest BCUT2D eigenvalue weighted by atomic mass is 10.1. The van der Waals surface area contributed by atoms with E-state index in [2.05, 4.69) is 11.1 Å². The molecular weight excluding hydrogens is 224 g/mol. The fraction of sp³-hybridized carbons (Fsp3) is 0.267. The van der Waals surface area contributed by atoms with Gasteiger partial charge >= 0.3 is 0 Å². The van der Waals surface area contributed by atoms with Crippen molar-refractivity contribution >= 4 is 0 Å². The Morgan fingerprint density at radius 2 is 1.78 bits per heavy atom. The Kier molecular flexibility index (Phi) is 3.63. The Hall–Kier alpha value is -1.87. The van der Waals surface area contributed by atoms with Crippen LogP contribution < -0.4 is 10.5 Å². The van der Waals surface area contributed by atoms with Gasteiger partial charge in [0.1, 0.15) is 5.75 Å². The summed E-state index contributed by atoms with van der Waals surface area (Å²) in [4.78, 5) is 4.25. The van der Waals surface area contributed by atoms with Gasteiger partial charge in [0.25, 0.3) is 0 Å². The number of hydrogen-bond acceptors (Lipinski definition) is 3. The van der Waals surface area contributed by atoms with Gasteiger partial charge in [-0.2, -0.15) is 0 Å². The summed E-state index contributed by atoms with van der Waals surface area (Å²) in [5, 5.41) is 0. The van der Waals surface area contributed by atoms with Crippen molar-refractivity contribution in [2.45, 2.75) is 26.8 Å². The molecule has 0 aliphatic heterocycles. The van der Waals surface area contributed by atoms with Crippen LogP contribution in [0.15, 0.2) is 36.5 Å². The Morgan fingerprint density at radius 1 is 1.11 bits per heavy atom. The SMILES string of the molecule is Cc1cc(C)cc(Oc2ccc([C@@H](C)N)cn2)c1. The van der Waals surface area contributed by atoms with Crippen LogP contribution in [0.5, 0.6) is 11.6 Å². The van der Waals surface area contributed by atoms with Gasteiger partial charge in [-0.3, -0.25) is 0 Å². The Labute approximate surface area is 108 Å². The minimum absolute atomic E-state index is 0.00670. The van der Waals surface area contributed by atoms with Crippen molar-refractivity contribution in [2.24, 2.45) is 5.73 Å². The van der Waals surface area contributed by atoms with E-state index < -0.39 is 0 Å². The van der Waals surface area contributed by atoms with Gasteiger partial charge in [0.2, 0.25) is 5.88 Å². The lowest BCUT2D eigenvalue weighted by Crippen LogP contribution is -2.05. The number of ether oxygens (including phenoxy) is 1. The first-order valence-corrected chi connectivity index (χ1v) is 6.02. The zero-order valence-electron chi connectivity index (χ0n) is 11.0. The zero-order chi connectivity index (χ0) is 13.1. The van der Waals surface area contributed by atoms with Crippen LogP contribution in [0.4, 0.5) is 0 Å². The molecule has 0 aliphatic rings. The van der Waals surface area contributed by atoms with E-state index in [0.717, 1.165) is 11.3 Å². The molecule has 18 heavy (non-hydrogen) atoms. The molecule has 2 rings (SSSR count). The molecule has 3 heteroatoms. The highest BCUT2D eigenvalue weighted by Crippen LogP contribution is 2.22. The fourth-order valence-corrected chi connectivity index (χ4v) is 1.83. The highest BCUT2D eigenvalue weighted by Gasteiger charge is 2.03. The average Bonchev–Trinajstić information content (AvgIpc) is 2.28. The van der Waals surface area contributed by atoms with E-state index in [1.165, 1.54) is 11.1 Å². The van der Waals surface area contributed by atoms with Crippen LogP contribution in [-0.4, -0.2) is 4.98 Å². The van der Waals surface area contributed by atoms with Crippen LogP contribution in [0, 0.1) is 13.8 Å². The molecule has 0 saturated heterocycles. The predicted octanol–water partition coefficient (Wildman–Crippen LogP) is 3.51. The van der Waals surface area contributed by atoms with Gasteiger partial charge < -0.3 is 10.5 Å². The monoisotopic (exact) mass is 242 g/mol. The van der Waals surface area contributed by atoms with E-state index in [-0.39, 0.29) is 6.04 Å². The molecule has 0 saturated carbocycles. The number of benzene rings is 1. The van der Waals surface area contributed by atoms with Gasteiger partial charge in [-0.1, -0.05) is 12.1 Å². The Morgan fingerprint density at radius 3 is 2.28 bits per heavy atom. The van der Waals surface area contributed by atoms with Crippen LogP contribution >= 0.6 is 0 Å². The summed E-state index contributed by atoms with van der Waals surface area (Å²) in [6, 6.07) is 9.88. The van der Waals surface area contributed by atoms with Gasteiger partial charge in [-0.15, -0.1) is 0 Å². The highest BCUT2D eigenvalue weighted by molar-refractivity contribution is 5.35. The summed E-state index contributed by atoms with van der Waals surface area (Å²) < 4.78 is 5.72. The second-order valence-electron chi connectivity index (χ2n) is 4.64. The molecule has 1 atom stereocenters. The number of pyridine rings is 1. The van der Waals surface area contributed by atoms with Gasteiger partial charge in [0.05, 0.1) is 0 Å². The molecule has 0 unspecified atom stereocenters. The quantitative estimate of drug-likeness (QED) is 0.896. The number of aryl methyl sites for hydroxylation is 2. The van der Waals surface area contributed by atoms with Crippen molar-refractivity contribution in [2.75, 3.05) is 0 Å². The molecule has 3 nitrogen and oxygen atoms in total. The maximum absolute atomic E-state index is 5.78. The fourth-order valence-electron chi connectivity index (χ4n) is 1.83. The van der Waals surface area contributed by atoms with Gasteiger partial charge in [0, 0.05) is 18.3 Å². The molecule has 0 aliphatic carbocycles. The van der Waals surface area contributed by atoms with Crippen molar-refractivity contribution in [3.05, 3.63) is 53.2 Å². The lowest BCUT2D eigenvalue weighted by Gasteiger charge is -2.09. The molecule has 1 aromatic heterocycles. The molecular formula is C15H18N2O. The summed E-state index contributed by atoms with van der Waals surface area (Å²) in [6.07, 6.45) is 1.75. The molecule has 94 valence electrons. The molecule has 0 bridgehead atoms. The largest absolute Gasteiger partial charge is 0.439 e. The maximum atomic E-state index is 5.78. The molecule has 0 radical (unpaired) electrons. The van der Waals surface area contributed by atoms with Crippen molar-refractivity contribution < 1.29 is 4.74 Å². The third kappa shape index (κ3) is 3.08.